The molecule has 0 fully saturated rings. The lowest BCUT2D eigenvalue weighted by Gasteiger charge is -2.06. The van der Waals surface area contributed by atoms with Crippen molar-refractivity contribution in [3.63, 3.8) is 0 Å². The highest BCUT2D eigenvalue weighted by Crippen LogP contribution is 2.31. The smallest absolute Gasteiger partial charge is 0.145 e. The number of pyridine rings is 2. The number of hydrogen-bond donors (Lipinski definition) is 0. The third kappa shape index (κ3) is 1.82. The van der Waals surface area contributed by atoms with Crippen molar-refractivity contribution in [2.75, 3.05) is 0 Å². The van der Waals surface area contributed by atoms with Crippen LogP contribution in [0.3, 0.4) is 0 Å². The van der Waals surface area contributed by atoms with Crippen LogP contribution in [0.5, 0.6) is 0 Å². The Hall–Kier alpha value is -2.68. The molecule has 0 bridgehead atoms. The Morgan fingerprint density at radius 1 is 0.857 bits per heavy atom. The van der Waals surface area contributed by atoms with Crippen molar-refractivity contribution in [3.8, 4) is 5.69 Å². The van der Waals surface area contributed by atoms with Gasteiger partial charge in [-0.15, -0.1) is 0 Å². The van der Waals surface area contributed by atoms with Crippen LogP contribution in [-0.4, -0.2) is 14.5 Å². The first-order valence-electron chi connectivity index (χ1n) is 7.02. The summed E-state index contributed by atoms with van der Waals surface area (Å²) in [5.74, 6) is 0. The molecule has 21 heavy (non-hydrogen) atoms. The molecule has 102 valence electrons. The summed E-state index contributed by atoms with van der Waals surface area (Å²) in [6.45, 7) is 4.20. The molecule has 3 aromatic heterocycles. The third-order valence-electron chi connectivity index (χ3n) is 3.82. The first kappa shape index (κ1) is 12.1. The molecule has 0 aliphatic carbocycles. The Kier molecular flexibility index (Phi) is 2.54. The van der Waals surface area contributed by atoms with E-state index in [1.54, 1.807) is 0 Å². The van der Waals surface area contributed by atoms with Gasteiger partial charge in [0.25, 0.3) is 0 Å². The number of aromatic nitrogens is 3. The predicted molar refractivity (Wildman–Crippen MR) is 85.8 cm³/mol. The Balaban J connectivity index is 2.22. The van der Waals surface area contributed by atoms with E-state index < -0.39 is 0 Å². The summed E-state index contributed by atoms with van der Waals surface area (Å²) in [5, 5.41) is 2.45. The van der Waals surface area contributed by atoms with E-state index >= 15 is 0 Å². The van der Waals surface area contributed by atoms with Gasteiger partial charge in [-0.05, 0) is 49.7 Å². The van der Waals surface area contributed by atoms with Crippen LogP contribution in [0, 0.1) is 13.8 Å². The topological polar surface area (TPSA) is 30.7 Å². The van der Waals surface area contributed by atoms with Crippen LogP contribution in [0.1, 0.15) is 11.1 Å². The maximum Gasteiger partial charge on any atom is 0.145 e. The SMILES string of the molecule is Cc1ccc2c(c1)c1cc(C)cnc1n2-c1ccncc1. The molecule has 0 saturated carbocycles. The highest BCUT2D eigenvalue weighted by Gasteiger charge is 2.13. The van der Waals surface area contributed by atoms with E-state index in [0.717, 1.165) is 11.3 Å². The maximum absolute atomic E-state index is 4.67. The summed E-state index contributed by atoms with van der Waals surface area (Å²) in [5.41, 5.74) is 5.70. The van der Waals surface area contributed by atoms with Gasteiger partial charge in [0.05, 0.1) is 11.2 Å². The summed E-state index contributed by atoms with van der Waals surface area (Å²) >= 11 is 0. The van der Waals surface area contributed by atoms with Crippen molar-refractivity contribution in [2.24, 2.45) is 0 Å². The molecule has 4 rings (SSSR count). The highest BCUT2D eigenvalue weighted by molar-refractivity contribution is 6.08. The zero-order valence-corrected chi connectivity index (χ0v) is 12.0. The minimum atomic E-state index is 0.993. The van der Waals surface area contributed by atoms with Gasteiger partial charge in [-0.3, -0.25) is 9.55 Å². The van der Waals surface area contributed by atoms with Crippen LogP contribution >= 0.6 is 0 Å². The Labute approximate surface area is 122 Å². The van der Waals surface area contributed by atoms with Gasteiger partial charge in [0.15, 0.2) is 0 Å². The van der Waals surface area contributed by atoms with E-state index in [9.17, 15) is 0 Å². The van der Waals surface area contributed by atoms with E-state index in [2.05, 4.69) is 52.6 Å². The third-order valence-corrected chi connectivity index (χ3v) is 3.82. The van der Waals surface area contributed by atoms with Crippen LogP contribution < -0.4 is 0 Å². The molecule has 0 amide bonds. The first-order valence-corrected chi connectivity index (χ1v) is 7.02. The van der Waals surface area contributed by atoms with Crippen molar-refractivity contribution >= 4 is 21.9 Å². The van der Waals surface area contributed by atoms with Crippen molar-refractivity contribution in [2.45, 2.75) is 13.8 Å². The molecule has 0 radical (unpaired) electrons. The van der Waals surface area contributed by atoms with Gasteiger partial charge in [0.1, 0.15) is 5.65 Å². The zero-order chi connectivity index (χ0) is 14.4. The fraction of sp³-hybridized carbons (Fsp3) is 0.111. The van der Waals surface area contributed by atoms with Gasteiger partial charge in [-0.25, -0.2) is 4.98 Å². The fourth-order valence-electron chi connectivity index (χ4n) is 2.87. The second kappa shape index (κ2) is 4.42. The Morgan fingerprint density at radius 3 is 2.43 bits per heavy atom. The lowest BCUT2D eigenvalue weighted by molar-refractivity contribution is 1.11. The second-order valence-electron chi connectivity index (χ2n) is 5.45. The summed E-state index contributed by atoms with van der Waals surface area (Å²) < 4.78 is 2.20. The molecule has 3 heterocycles. The molecule has 3 heteroatoms. The van der Waals surface area contributed by atoms with Crippen LogP contribution in [-0.2, 0) is 0 Å². The lowest BCUT2D eigenvalue weighted by Crippen LogP contribution is -1.95. The summed E-state index contributed by atoms with van der Waals surface area (Å²) in [6.07, 6.45) is 5.55. The quantitative estimate of drug-likeness (QED) is 0.520. The van der Waals surface area contributed by atoms with Crippen molar-refractivity contribution < 1.29 is 0 Å². The van der Waals surface area contributed by atoms with Crippen molar-refractivity contribution in [1.29, 1.82) is 0 Å². The molecule has 0 N–H and O–H groups in total. The van der Waals surface area contributed by atoms with E-state index in [-0.39, 0.29) is 0 Å². The molecule has 0 aliphatic heterocycles. The summed E-state index contributed by atoms with van der Waals surface area (Å²) in [7, 11) is 0. The first-order chi connectivity index (χ1) is 10.2. The number of benzene rings is 1. The van der Waals surface area contributed by atoms with Crippen LogP contribution in [0.4, 0.5) is 0 Å². The van der Waals surface area contributed by atoms with Gasteiger partial charge in [-0.2, -0.15) is 0 Å². The molecular formula is C18H15N3. The predicted octanol–water partition coefficient (Wildman–Crippen LogP) is 4.19. The van der Waals surface area contributed by atoms with Gasteiger partial charge < -0.3 is 0 Å². The average Bonchev–Trinajstić information content (AvgIpc) is 2.81. The van der Waals surface area contributed by atoms with E-state index in [0.29, 0.717) is 0 Å². The van der Waals surface area contributed by atoms with Crippen molar-refractivity contribution in [3.05, 3.63) is 66.1 Å². The van der Waals surface area contributed by atoms with E-state index in [4.69, 9.17) is 0 Å². The number of aryl methyl sites for hydroxylation is 2. The molecule has 3 nitrogen and oxygen atoms in total. The monoisotopic (exact) mass is 273 g/mol. The van der Waals surface area contributed by atoms with Gasteiger partial charge in [0.2, 0.25) is 0 Å². The van der Waals surface area contributed by atoms with Gasteiger partial charge in [0, 0.05) is 29.4 Å². The van der Waals surface area contributed by atoms with Crippen LogP contribution in [0.25, 0.3) is 27.6 Å². The number of rotatable bonds is 1. The largest absolute Gasteiger partial charge is 0.294 e. The average molecular weight is 273 g/mol. The molecule has 0 unspecified atom stereocenters. The van der Waals surface area contributed by atoms with Gasteiger partial charge >= 0.3 is 0 Å². The maximum atomic E-state index is 4.67. The Morgan fingerprint density at radius 2 is 1.62 bits per heavy atom. The van der Waals surface area contributed by atoms with Crippen LogP contribution in [0.2, 0.25) is 0 Å². The lowest BCUT2D eigenvalue weighted by atomic mass is 10.1. The molecule has 0 spiro atoms. The standard InChI is InChI=1S/C18H15N3/c1-12-3-4-17-15(9-12)16-10-13(2)11-20-18(16)21(17)14-5-7-19-8-6-14/h3-11H,1-2H3. The van der Waals surface area contributed by atoms with E-state index in [1.807, 2.05) is 30.7 Å². The zero-order valence-electron chi connectivity index (χ0n) is 12.0. The molecule has 1 aromatic carbocycles. The van der Waals surface area contributed by atoms with Crippen LogP contribution in [0.15, 0.2) is 55.0 Å². The highest BCUT2D eigenvalue weighted by atomic mass is 15.0. The Bertz CT molecular complexity index is 893. The molecule has 0 aliphatic rings. The fourth-order valence-corrected chi connectivity index (χ4v) is 2.87. The summed E-state index contributed by atoms with van der Waals surface area (Å²) in [6, 6.07) is 12.8. The molecule has 0 saturated heterocycles. The van der Waals surface area contributed by atoms with Crippen molar-refractivity contribution in [1.82, 2.24) is 14.5 Å². The minimum absolute atomic E-state index is 0.993. The number of fused-ring (bicyclic) bond motifs is 3. The number of hydrogen-bond acceptors (Lipinski definition) is 2. The van der Waals surface area contributed by atoms with Gasteiger partial charge in [-0.1, -0.05) is 11.6 Å². The normalized spacial score (nSPS) is 11.3. The van der Waals surface area contributed by atoms with E-state index in [1.165, 1.54) is 27.4 Å². The molecular weight excluding hydrogens is 258 g/mol. The minimum Gasteiger partial charge on any atom is -0.294 e. The molecule has 0 atom stereocenters. The number of nitrogens with zero attached hydrogens (tertiary/aromatic N) is 3. The molecule has 4 aromatic rings. The second-order valence-corrected chi connectivity index (χ2v) is 5.45. The summed E-state index contributed by atoms with van der Waals surface area (Å²) in [4.78, 5) is 8.78.